The van der Waals surface area contributed by atoms with Gasteiger partial charge in [-0.3, -0.25) is 0 Å². The minimum Gasteiger partial charge on any atom is -0.444 e. The van der Waals surface area contributed by atoms with Crippen LogP contribution in [0.5, 0.6) is 0 Å². The summed E-state index contributed by atoms with van der Waals surface area (Å²) < 4.78 is 31.3. The van der Waals surface area contributed by atoms with Gasteiger partial charge in [0.05, 0.1) is 13.1 Å². The van der Waals surface area contributed by atoms with Crippen LogP contribution < -0.4 is 0 Å². The Balaban J connectivity index is 1.94. The number of aromatic nitrogens is 1. The molecule has 1 fully saturated rings. The highest BCUT2D eigenvalue weighted by Gasteiger charge is 2.45. The standard InChI is InChI=1S/C14H18F2N2O3/c1-13(2,3)21-12(19)18-7-14(20,8-18)6-9-4-5-10(15)17-11(9)16/h4-5,20H,6-8H2,1-3H3. The molecule has 1 aliphatic rings. The maximum Gasteiger partial charge on any atom is 0.410 e. The molecule has 116 valence electrons. The quantitative estimate of drug-likeness (QED) is 0.847. The number of β-amino-alcohol motifs (C(OH)–C–C–N with tert-alkyl or cyclic N) is 1. The number of hydrogen-bond donors (Lipinski definition) is 1. The summed E-state index contributed by atoms with van der Waals surface area (Å²) in [6.07, 6.45) is -0.560. The zero-order chi connectivity index (χ0) is 15.8. The SMILES string of the molecule is CC(C)(C)OC(=O)N1CC(O)(Cc2ccc(F)nc2F)C1. The molecule has 1 saturated heterocycles. The molecule has 0 radical (unpaired) electrons. The number of amides is 1. The number of nitrogens with zero attached hydrogens (tertiary/aromatic N) is 2. The lowest BCUT2D eigenvalue weighted by atomic mass is 9.88. The number of hydrogen-bond acceptors (Lipinski definition) is 4. The van der Waals surface area contributed by atoms with Gasteiger partial charge in [0, 0.05) is 12.0 Å². The lowest BCUT2D eigenvalue weighted by Gasteiger charge is -2.46. The van der Waals surface area contributed by atoms with E-state index < -0.39 is 29.2 Å². The number of rotatable bonds is 2. The summed E-state index contributed by atoms with van der Waals surface area (Å²) >= 11 is 0. The monoisotopic (exact) mass is 300 g/mol. The number of aliphatic hydroxyl groups is 1. The predicted octanol–water partition coefficient (Wildman–Crippen LogP) is 1.88. The van der Waals surface area contributed by atoms with E-state index in [0.717, 1.165) is 6.07 Å². The molecule has 0 unspecified atom stereocenters. The molecule has 7 heteroatoms. The van der Waals surface area contributed by atoms with E-state index in [9.17, 15) is 18.7 Å². The molecule has 2 heterocycles. The van der Waals surface area contributed by atoms with Crippen molar-refractivity contribution in [3.63, 3.8) is 0 Å². The molecule has 1 aromatic heterocycles. The molecule has 1 amide bonds. The molecule has 1 aliphatic heterocycles. The van der Waals surface area contributed by atoms with Crippen molar-refractivity contribution >= 4 is 6.09 Å². The second-order valence-corrected chi connectivity index (χ2v) is 6.32. The molecule has 1 N–H and O–H groups in total. The maximum absolute atomic E-state index is 13.5. The molecule has 2 rings (SSSR count). The second-order valence-electron chi connectivity index (χ2n) is 6.32. The van der Waals surface area contributed by atoms with Crippen LogP contribution in [0.4, 0.5) is 13.6 Å². The predicted molar refractivity (Wildman–Crippen MR) is 70.6 cm³/mol. The number of carbonyl (C=O) groups is 1. The molecule has 0 spiro atoms. The summed E-state index contributed by atoms with van der Waals surface area (Å²) in [5.74, 6) is -1.86. The van der Waals surface area contributed by atoms with E-state index >= 15 is 0 Å². The fraction of sp³-hybridized carbons (Fsp3) is 0.571. The van der Waals surface area contributed by atoms with E-state index in [1.165, 1.54) is 11.0 Å². The maximum atomic E-state index is 13.5. The topological polar surface area (TPSA) is 62.7 Å². The van der Waals surface area contributed by atoms with Gasteiger partial charge >= 0.3 is 6.09 Å². The molecular weight excluding hydrogens is 282 g/mol. The average molecular weight is 300 g/mol. The van der Waals surface area contributed by atoms with Crippen molar-refractivity contribution in [3.8, 4) is 0 Å². The van der Waals surface area contributed by atoms with Crippen molar-refractivity contribution in [2.24, 2.45) is 0 Å². The Morgan fingerprint density at radius 2 is 2.05 bits per heavy atom. The minimum atomic E-state index is -1.24. The highest BCUT2D eigenvalue weighted by atomic mass is 19.1. The minimum absolute atomic E-state index is 0.0363. The Kier molecular flexibility index (Phi) is 3.88. The summed E-state index contributed by atoms with van der Waals surface area (Å²) in [4.78, 5) is 16.2. The van der Waals surface area contributed by atoms with Crippen LogP contribution in [0.1, 0.15) is 26.3 Å². The largest absolute Gasteiger partial charge is 0.444 e. The van der Waals surface area contributed by atoms with Crippen molar-refractivity contribution in [2.45, 2.75) is 38.4 Å². The third-order valence-electron chi connectivity index (χ3n) is 3.03. The van der Waals surface area contributed by atoms with Crippen molar-refractivity contribution < 1.29 is 23.4 Å². The summed E-state index contributed by atoms with van der Waals surface area (Å²) in [7, 11) is 0. The molecule has 0 saturated carbocycles. The molecule has 0 aliphatic carbocycles. The van der Waals surface area contributed by atoms with Crippen LogP contribution in [0.25, 0.3) is 0 Å². The third-order valence-corrected chi connectivity index (χ3v) is 3.03. The van der Waals surface area contributed by atoms with Gasteiger partial charge in [0.2, 0.25) is 11.9 Å². The van der Waals surface area contributed by atoms with Crippen molar-refractivity contribution in [2.75, 3.05) is 13.1 Å². The Morgan fingerprint density at radius 3 is 2.57 bits per heavy atom. The van der Waals surface area contributed by atoms with Crippen LogP contribution in [-0.4, -0.2) is 45.4 Å². The molecular formula is C14H18F2N2O3. The third kappa shape index (κ3) is 3.87. The van der Waals surface area contributed by atoms with Gasteiger partial charge in [-0.1, -0.05) is 0 Å². The van der Waals surface area contributed by atoms with Crippen molar-refractivity contribution in [1.29, 1.82) is 0 Å². The van der Waals surface area contributed by atoms with Crippen LogP contribution in [0.3, 0.4) is 0 Å². The van der Waals surface area contributed by atoms with Gasteiger partial charge in [0.1, 0.15) is 11.2 Å². The second kappa shape index (κ2) is 5.22. The number of carbonyl (C=O) groups excluding carboxylic acids is 1. The first-order valence-corrected chi connectivity index (χ1v) is 6.59. The lowest BCUT2D eigenvalue weighted by Crippen LogP contribution is -2.65. The highest BCUT2D eigenvalue weighted by Crippen LogP contribution is 2.27. The number of likely N-dealkylation sites (tertiary alicyclic amines) is 1. The van der Waals surface area contributed by atoms with E-state index in [2.05, 4.69) is 4.98 Å². The van der Waals surface area contributed by atoms with Crippen LogP contribution in [0, 0.1) is 11.9 Å². The average Bonchev–Trinajstić information content (AvgIpc) is 2.27. The molecule has 1 aromatic rings. The first-order chi connectivity index (χ1) is 9.58. The smallest absolute Gasteiger partial charge is 0.410 e. The van der Waals surface area contributed by atoms with Gasteiger partial charge in [-0.25, -0.2) is 4.79 Å². The summed E-state index contributed by atoms with van der Waals surface area (Å²) in [5, 5.41) is 10.2. The normalized spacial score (nSPS) is 17.3. The van der Waals surface area contributed by atoms with E-state index in [1.54, 1.807) is 20.8 Å². The summed E-state index contributed by atoms with van der Waals surface area (Å²) in [5.41, 5.74) is -1.74. The lowest BCUT2D eigenvalue weighted by molar-refractivity contribution is -0.0977. The zero-order valence-electron chi connectivity index (χ0n) is 12.2. The van der Waals surface area contributed by atoms with Crippen LogP contribution >= 0.6 is 0 Å². The van der Waals surface area contributed by atoms with E-state index in [-0.39, 0.29) is 25.1 Å². The van der Waals surface area contributed by atoms with E-state index in [1.807, 2.05) is 0 Å². The fourth-order valence-corrected chi connectivity index (χ4v) is 2.16. The first kappa shape index (κ1) is 15.6. The molecule has 0 bridgehead atoms. The van der Waals surface area contributed by atoms with E-state index in [4.69, 9.17) is 4.74 Å². The van der Waals surface area contributed by atoms with Gasteiger partial charge < -0.3 is 14.7 Å². The van der Waals surface area contributed by atoms with E-state index in [0.29, 0.717) is 0 Å². The van der Waals surface area contributed by atoms with Gasteiger partial charge in [0.15, 0.2) is 0 Å². The summed E-state index contributed by atoms with van der Waals surface area (Å²) in [6, 6.07) is 2.28. The first-order valence-electron chi connectivity index (χ1n) is 6.59. The van der Waals surface area contributed by atoms with Crippen LogP contribution in [0.15, 0.2) is 12.1 Å². The highest BCUT2D eigenvalue weighted by molar-refractivity contribution is 5.69. The fourth-order valence-electron chi connectivity index (χ4n) is 2.16. The number of halogens is 2. The van der Waals surface area contributed by atoms with Crippen LogP contribution in [-0.2, 0) is 11.2 Å². The Labute approximate surface area is 121 Å². The van der Waals surface area contributed by atoms with Gasteiger partial charge in [-0.15, -0.1) is 0 Å². The number of ether oxygens (including phenoxy) is 1. The van der Waals surface area contributed by atoms with Gasteiger partial charge in [-0.2, -0.15) is 13.8 Å². The van der Waals surface area contributed by atoms with Crippen LogP contribution in [0.2, 0.25) is 0 Å². The van der Waals surface area contributed by atoms with Crippen molar-refractivity contribution in [1.82, 2.24) is 9.88 Å². The molecule has 5 nitrogen and oxygen atoms in total. The number of pyridine rings is 1. The molecule has 21 heavy (non-hydrogen) atoms. The van der Waals surface area contributed by atoms with Gasteiger partial charge in [0.25, 0.3) is 0 Å². The van der Waals surface area contributed by atoms with Crippen molar-refractivity contribution in [3.05, 3.63) is 29.6 Å². The van der Waals surface area contributed by atoms with Gasteiger partial charge in [-0.05, 0) is 32.9 Å². The molecule has 0 atom stereocenters. The Bertz CT molecular complexity index is 552. The molecule has 0 aromatic carbocycles. The summed E-state index contributed by atoms with van der Waals surface area (Å²) in [6.45, 7) is 5.32. The Morgan fingerprint density at radius 1 is 1.43 bits per heavy atom. The zero-order valence-corrected chi connectivity index (χ0v) is 12.2. The Hall–Kier alpha value is -1.76.